The van der Waals surface area contributed by atoms with E-state index in [2.05, 4.69) is 54.8 Å². The van der Waals surface area contributed by atoms with Crippen LogP contribution >= 0.6 is 34.5 Å². The molecular weight excluding hydrogens is 677 g/mol. The Labute approximate surface area is 297 Å². The Morgan fingerprint density at radius 1 is 0.898 bits per heavy atom. The number of nitrogens with one attached hydrogen (secondary N) is 2. The van der Waals surface area contributed by atoms with Gasteiger partial charge in [-0.05, 0) is 90.6 Å². The third kappa shape index (κ3) is 7.62. The number of amides is 1. The van der Waals surface area contributed by atoms with Crippen molar-refractivity contribution < 1.29 is 9.53 Å². The molecule has 0 unspecified atom stereocenters. The maximum Gasteiger partial charge on any atom is 0.251 e. The number of fused-ring (bicyclic) bond motifs is 2. The van der Waals surface area contributed by atoms with E-state index >= 15 is 0 Å². The highest BCUT2D eigenvalue weighted by atomic mass is 35.5. The van der Waals surface area contributed by atoms with E-state index in [9.17, 15) is 4.79 Å². The molecule has 2 N–H and O–H groups in total. The molecule has 0 saturated carbocycles. The van der Waals surface area contributed by atoms with Crippen LogP contribution in [0.2, 0.25) is 10.0 Å². The minimum Gasteiger partial charge on any atom is -0.497 e. The number of tetrazole rings is 1. The molecule has 0 aliphatic carbocycles. The van der Waals surface area contributed by atoms with Crippen LogP contribution in [0, 0.1) is 0 Å². The van der Waals surface area contributed by atoms with Crippen LogP contribution in [0.4, 0.5) is 0 Å². The van der Waals surface area contributed by atoms with Gasteiger partial charge in [-0.1, -0.05) is 52.7 Å². The standard InChI is InChI=1S/C37H33Cl2N7O2S/c1-48-28-11-15-34-31(21-28)41-36(49-34)16-14-32-29(12-7-23-5-9-26(38)10-6-23)30-20-25(37(47)40-22-24-3-2-4-27(39)19-24)8-13-33(30)46(32)18-17-35-42-44-45-43-35/h2-6,8-11,13,15,19-21H,7,12,14,16-18,22H2,1H3,(H,40,47)(H,42,43,44,45). The van der Waals surface area contributed by atoms with Crippen molar-refractivity contribution in [3.8, 4) is 5.75 Å². The number of aromatic amines is 1. The number of methoxy groups -OCH3 is 1. The van der Waals surface area contributed by atoms with Gasteiger partial charge in [-0.25, -0.2) is 4.98 Å². The van der Waals surface area contributed by atoms with Crippen LogP contribution in [0.5, 0.6) is 5.75 Å². The van der Waals surface area contributed by atoms with E-state index < -0.39 is 0 Å². The molecule has 12 heteroatoms. The number of halogens is 2. The minimum absolute atomic E-state index is 0.142. The molecule has 7 rings (SSSR count). The van der Waals surface area contributed by atoms with Gasteiger partial charge >= 0.3 is 0 Å². The normalized spacial score (nSPS) is 11.4. The summed E-state index contributed by atoms with van der Waals surface area (Å²) in [5.41, 5.74) is 7.15. The van der Waals surface area contributed by atoms with Gasteiger partial charge in [0.2, 0.25) is 0 Å². The van der Waals surface area contributed by atoms with Crippen molar-refractivity contribution in [2.24, 2.45) is 0 Å². The zero-order valence-electron chi connectivity index (χ0n) is 26.7. The lowest BCUT2D eigenvalue weighted by molar-refractivity contribution is 0.0951. The number of carbonyl (C=O) groups is 1. The Hall–Kier alpha value is -4.77. The monoisotopic (exact) mass is 709 g/mol. The first-order chi connectivity index (χ1) is 23.9. The summed E-state index contributed by atoms with van der Waals surface area (Å²) in [7, 11) is 1.67. The third-order valence-corrected chi connectivity index (χ3v) is 10.2. The largest absolute Gasteiger partial charge is 0.497 e. The van der Waals surface area contributed by atoms with Crippen LogP contribution in [-0.2, 0) is 45.2 Å². The molecule has 9 nitrogen and oxygen atoms in total. The molecular formula is C37H33Cl2N7O2S. The quantitative estimate of drug-likeness (QED) is 0.126. The van der Waals surface area contributed by atoms with Crippen LogP contribution in [0.1, 0.15) is 43.6 Å². The number of benzene rings is 4. The molecule has 0 aliphatic heterocycles. The maximum atomic E-state index is 13.5. The SMILES string of the molecule is COc1ccc2sc(CCc3c(CCc4ccc(Cl)cc4)c4cc(C(=O)NCc5cccc(Cl)c5)ccc4n3CCc3nn[nH]n3)nc2c1. The second-order valence-electron chi connectivity index (χ2n) is 11.8. The fourth-order valence-electron chi connectivity index (χ4n) is 6.20. The zero-order chi connectivity index (χ0) is 33.7. The van der Waals surface area contributed by atoms with E-state index in [0.29, 0.717) is 40.9 Å². The zero-order valence-corrected chi connectivity index (χ0v) is 29.1. The first-order valence-electron chi connectivity index (χ1n) is 16.0. The summed E-state index contributed by atoms with van der Waals surface area (Å²) in [4.78, 5) is 18.4. The topological polar surface area (TPSA) is 111 Å². The number of nitrogens with zero attached hydrogens (tertiary/aromatic N) is 5. The molecule has 3 aromatic heterocycles. The molecule has 1 amide bonds. The Bertz CT molecular complexity index is 2230. The van der Waals surface area contributed by atoms with E-state index in [1.165, 1.54) is 16.8 Å². The lowest BCUT2D eigenvalue weighted by Gasteiger charge is -2.12. The Morgan fingerprint density at radius 2 is 1.78 bits per heavy atom. The molecule has 0 aliphatic rings. The van der Waals surface area contributed by atoms with E-state index in [0.717, 1.165) is 63.1 Å². The van der Waals surface area contributed by atoms with Crippen LogP contribution in [0.25, 0.3) is 21.1 Å². The molecule has 0 bridgehead atoms. The first-order valence-corrected chi connectivity index (χ1v) is 17.6. The number of aromatic nitrogens is 6. The smallest absolute Gasteiger partial charge is 0.251 e. The summed E-state index contributed by atoms with van der Waals surface area (Å²) in [6, 6.07) is 27.5. The maximum absolute atomic E-state index is 13.5. The second kappa shape index (κ2) is 14.8. The lowest BCUT2D eigenvalue weighted by Crippen LogP contribution is -2.22. The molecule has 0 radical (unpaired) electrons. The van der Waals surface area contributed by atoms with Gasteiger partial charge < -0.3 is 14.6 Å². The fraction of sp³-hybridized carbons (Fsp3) is 0.216. The highest BCUT2D eigenvalue weighted by molar-refractivity contribution is 7.18. The number of hydrogen-bond donors (Lipinski definition) is 2. The number of carbonyl (C=O) groups excluding carboxylic acids is 1. The fourth-order valence-corrected chi connectivity index (χ4v) is 7.49. The van der Waals surface area contributed by atoms with Gasteiger partial charge in [0.15, 0.2) is 5.82 Å². The van der Waals surface area contributed by atoms with E-state index in [4.69, 9.17) is 32.9 Å². The van der Waals surface area contributed by atoms with Crippen molar-refractivity contribution in [1.82, 2.24) is 35.5 Å². The first kappa shape index (κ1) is 32.8. The van der Waals surface area contributed by atoms with Crippen LogP contribution < -0.4 is 10.1 Å². The third-order valence-electron chi connectivity index (χ3n) is 8.63. The van der Waals surface area contributed by atoms with Crippen molar-refractivity contribution in [2.75, 3.05) is 7.11 Å². The van der Waals surface area contributed by atoms with Gasteiger partial charge in [0.25, 0.3) is 5.91 Å². The van der Waals surface area contributed by atoms with Crippen molar-refractivity contribution in [3.05, 3.63) is 134 Å². The molecule has 0 atom stereocenters. The van der Waals surface area contributed by atoms with Gasteiger partial charge in [0, 0.05) is 64.2 Å². The molecule has 248 valence electrons. The summed E-state index contributed by atoms with van der Waals surface area (Å²) in [6.45, 7) is 1.04. The van der Waals surface area contributed by atoms with Crippen LogP contribution in [0.3, 0.4) is 0 Å². The molecule has 7 aromatic rings. The van der Waals surface area contributed by atoms with E-state index in [1.807, 2.05) is 60.7 Å². The van der Waals surface area contributed by atoms with Crippen molar-refractivity contribution in [2.45, 2.75) is 45.2 Å². The summed E-state index contributed by atoms with van der Waals surface area (Å²) in [5.74, 6) is 1.30. The van der Waals surface area contributed by atoms with Gasteiger partial charge in [0.05, 0.1) is 22.3 Å². The van der Waals surface area contributed by atoms with Gasteiger partial charge in [-0.15, -0.1) is 21.5 Å². The number of H-pyrrole nitrogens is 1. The highest BCUT2D eigenvalue weighted by Crippen LogP contribution is 2.32. The Morgan fingerprint density at radius 3 is 2.57 bits per heavy atom. The molecule has 3 heterocycles. The van der Waals surface area contributed by atoms with Crippen LogP contribution in [-0.4, -0.2) is 43.2 Å². The Kier molecular flexibility index (Phi) is 9.88. The summed E-state index contributed by atoms with van der Waals surface area (Å²) < 4.78 is 8.91. The number of thiazole rings is 1. The number of aryl methyl sites for hydroxylation is 5. The van der Waals surface area contributed by atoms with Gasteiger partial charge in [0.1, 0.15) is 5.75 Å². The van der Waals surface area contributed by atoms with Crippen molar-refractivity contribution in [3.63, 3.8) is 0 Å². The molecule has 4 aromatic carbocycles. The summed E-state index contributed by atoms with van der Waals surface area (Å²) in [6.07, 6.45) is 3.74. The van der Waals surface area contributed by atoms with E-state index in [-0.39, 0.29) is 5.91 Å². The summed E-state index contributed by atoms with van der Waals surface area (Å²) in [5, 5.41) is 21.2. The average molecular weight is 711 g/mol. The van der Waals surface area contributed by atoms with Crippen molar-refractivity contribution >= 4 is 61.6 Å². The molecule has 0 saturated heterocycles. The lowest BCUT2D eigenvalue weighted by atomic mass is 9.99. The second-order valence-corrected chi connectivity index (χ2v) is 13.8. The highest BCUT2D eigenvalue weighted by Gasteiger charge is 2.20. The average Bonchev–Trinajstić information content (AvgIpc) is 3.85. The number of rotatable bonds is 13. The molecule has 0 spiro atoms. The van der Waals surface area contributed by atoms with Gasteiger partial charge in [-0.2, -0.15) is 5.21 Å². The summed E-state index contributed by atoms with van der Waals surface area (Å²) >= 11 is 14.1. The molecule has 49 heavy (non-hydrogen) atoms. The molecule has 0 fully saturated rings. The van der Waals surface area contributed by atoms with Crippen molar-refractivity contribution in [1.29, 1.82) is 0 Å². The van der Waals surface area contributed by atoms with Gasteiger partial charge in [-0.3, -0.25) is 4.79 Å². The number of hydrogen-bond acceptors (Lipinski definition) is 7. The minimum atomic E-state index is -0.142. The van der Waals surface area contributed by atoms with E-state index in [1.54, 1.807) is 18.4 Å². The Balaban J connectivity index is 1.25. The number of ether oxygens (including phenoxy) is 1. The van der Waals surface area contributed by atoms with Crippen LogP contribution in [0.15, 0.2) is 84.9 Å². The predicted molar refractivity (Wildman–Crippen MR) is 195 cm³/mol. The predicted octanol–water partition coefficient (Wildman–Crippen LogP) is 7.82.